The third-order valence-corrected chi connectivity index (χ3v) is 3.61. The van der Waals surface area contributed by atoms with Crippen molar-refractivity contribution < 1.29 is 4.39 Å². The van der Waals surface area contributed by atoms with Crippen molar-refractivity contribution in [2.24, 2.45) is 0 Å². The first-order chi connectivity index (χ1) is 10.1. The summed E-state index contributed by atoms with van der Waals surface area (Å²) in [6.45, 7) is 6.99. The number of rotatable bonds is 5. The average molecular weight is 308 g/mol. The van der Waals surface area contributed by atoms with Gasteiger partial charge < -0.3 is 5.32 Å². The average Bonchev–Trinajstić information content (AvgIpc) is 2.49. The first-order valence-corrected chi connectivity index (χ1v) is 7.51. The summed E-state index contributed by atoms with van der Waals surface area (Å²) in [5.41, 5.74) is 2.64. The van der Waals surface area contributed by atoms with Gasteiger partial charge in [-0.3, -0.25) is 0 Å². The Labute approximate surface area is 129 Å². The lowest BCUT2D eigenvalue weighted by Crippen LogP contribution is -2.08. The summed E-state index contributed by atoms with van der Waals surface area (Å²) in [4.78, 5) is 9.07. The number of hydrogen-bond donors (Lipinski definition) is 1. The third kappa shape index (κ3) is 3.50. The molecule has 0 bridgehead atoms. The van der Waals surface area contributed by atoms with Crippen LogP contribution < -0.4 is 5.32 Å². The van der Waals surface area contributed by atoms with Crippen LogP contribution in [0.25, 0.3) is 11.4 Å². The van der Waals surface area contributed by atoms with Crippen molar-refractivity contribution in [1.82, 2.24) is 9.97 Å². The topological polar surface area (TPSA) is 37.8 Å². The Balaban J connectivity index is 2.49. The minimum absolute atomic E-state index is 0.103. The molecule has 0 saturated heterocycles. The molecule has 0 fully saturated rings. The number of nitrogens with one attached hydrogen (secondary N) is 1. The molecule has 0 atom stereocenters. The number of benzene rings is 1. The van der Waals surface area contributed by atoms with Gasteiger partial charge in [0.25, 0.3) is 0 Å². The highest BCUT2D eigenvalue weighted by atomic mass is 35.5. The van der Waals surface area contributed by atoms with E-state index in [2.05, 4.69) is 22.2 Å². The van der Waals surface area contributed by atoms with Crippen LogP contribution in [0.2, 0.25) is 5.02 Å². The minimum Gasteiger partial charge on any atom is -0.370 e. The zero-order chi connectivity index (χ0) is 15.4. The van der Waals surface area contributed by atoms with Crippen molar-refractivity contribution >= 4 is 17.4 Å². The van der Waals surface area contributed by atoms with E-state index >= 15 is 0 Å². The molecule has 1 aromatic carbocycles. The van der Waals surface area contributed by atoms with Gasteiger partial charge in [-0.2, -0.15) is 0 Å². The van der Waals surface area contributed by atoms with Crippen LogP contribution in [0.4, 0.5) is 10.2 Å². The Hall–Kier alpha value is -1.68. The van der Waals surface area contributed by atoms with Crippen LogP contribution in [-0.4, -0.2) is 16.5 Å². The van der Waals surface area contributed by atoms with E-state index < -0.39 is 5.82 Å². The summed E-state index contributed by atoms with van der Waals surface area (Å²) < 4.78 is 13.6. The second kappa shape index (κ2) is 6.85. The summed E-state index contributed by atoms with van der Waals surface area (Å²) in [6.07, 6.45) is 1.81. The lowest BCUT2D eigenvalue weighted by Gasteiger charge is -2.13. The fraction of sp³-hybridized carbons (Fsp3) is 0.375. The van der Waals surface area contributed by atoms with Crippen molar-refractivity contribution in [2.45, 2.75) is 33.6 Å². The highest BCUT2D eigenvalue weighted by molar-refractivity contribution is 6.30. The van der Waals surface area contributed by atoms with E-state index in [0.717, 1.165) is 36.5 Å². The molecule has 5 heteroatoms. The highest BCUT2D eigenvalue weighted by Crippen LogP contribution is 2.25. The van der Waals surface area contributed by atoms with Crippen LogP contribution in [0.5, 0.6) is 0 Å². The quantitative estimate of drug-likeness (QED) is 0.875. The van der Waals surface area contributed by atoms with Gasteiger partial charge in [0.05, 0.1) is 5.02 Å². The molecular formula is C16H19ClFN3. The molecule has 0 aliphatic rings. The molecule has 2 rings (SSSR count). The molecule has 0 spiro atoms. The lowest BCUT2D eigenvalue weighted by atomic mass is 10.1. The molecule has 2 aromatic rings. The first-order valence-electron chi connectivity index (χ1n) is 7.13. The molecule has 21 heavy (non-hydrogen) atoms. The Morgan fingerprint density at radius 1 is 1.24 bits per heavy atom. The maximum atomic E-state index is 13.6. The van der Waals surface area contributed by atoms with E-state index in [1.165, 1.54) is 12.1 Å². The normalized spacial score (nSPS) is 10.7. The minimum atomic E-state index is -0.459. The fourth-order valence-electron chi connectivity index (χ4n) is 2.09. The smallest absolute Gasteiger partial charge is 0.161 e. The summed E-state index contributed by atoms with van der Waals surface area (Å²) >= 11 is 5.72. The van der Waals surface area contributed by atoms with E-state index in [0.29, 0.717) is 11.4 Å². The van der Waals surface area contributed by atoms with Crippen LogP contribution in [-0.2, 0) is 6.42 Å². The number of nitrogens with zero attached hydrogens (tertiary/aromatic N) is 2. The Morgan fingerprint density at radius 3 is 2.62 bits per heavy atom. The SMILES string of the molecule is CCCNc1nc(-c2ccc(Cl)c(F)c2)nc(CC)c1C. The standard InChI is InChI=1S/C16H19ClFN3/c1-4-8-19-15-10(3)14(5-2)20-16(21-15)11-6-7-12(17)13(18)9-11/h6-7,9H,4-5,8H2,1-3H3,(H,19,20,21). The van der Waals surface area contributed by atoms with Crippen molar-refractivity contribution in [3.8, 4) is 11.4 Å². The van der Waals surface area contributed by atoms with Crippen molar-refractivity contribution in [2.75, 3.05) is 11.9 Å². The molecule has 0 saturated carbocycles. The second-order valence-electron chi connectivity index (χ2n) is 4.88. The fourth-order valence-corrected chi connectivity index (χ4v) is 2.20. The van der Waals surface area contributed by atoms with Gasteiger partial charge in [0, 0.05) is 23.4 Å². The molecular weight excluding hydrogens is 289 g/mol. The Kier molecular flexibility index (Phi) is 5.12. The first kappa shape index (κ1) is 15.7. The number of hydrogen-bond acceptors (Lipinski definition) is 3. The number of aryl methyl sites for hydroxylation is 1. The lowest BCUT2D eigenvalue weighted by molar-refractivity contribution is 0.628. The van der Waals surface area contributed by atoms with E-state index in [9.17, 15) is 4.39 Å². The second-order valence-corrected chi connectivity index (χ2v) is 5.28. The molecule has 0 radical (unpaired) electrons. The van der Waals surface area contributed by atoms with Gasteiger partial charge in [-0.25, -0.2) is 14.4 Å². The zero-order valence-corrected chi connectivity index (χ0v) is 13.3. The van der Waals surface area contributed by atoms with E-state index in [1.807, 2.05) is 13.8 Å². The van der Waals surface area contributed by atoms with Gasteiger partial charge >= 0.3 is 0 Å². The van der Waals surface area contributed by atoms with Gasteiger partial charge in [-0.15, -0.1) is 0 Å². The maximum absolute atomic E-state index is 13.6. The molecule has 0 unspecified atom stereocenters. The van der Waals surface area contributed by atoms with Gasteiger partial charge in [-0.1, -0.05) is 25.4 Å². The van der Waals surface area contributed by atoms with Gasteiger partial charge in [0.2, 0.25) is 0 Å². The number of anilines is 1. The van der Waals surface area contributed by atoms with Crippen LogP contribution in [0.1, 0.15) is 31.5 Å². The van der Waals surface area contributed by atoms with Gasteiger partial charge in [0.15, 0.2) is 5.82 Å². The van der Waals surface area contributed by atoms with Gasteiger partial charge in [-0.05, 0) is 38.0 Å². The summed E-state index contributed by atoms with van der Waals surface area (Å²) in [5.74, 6) is 0.875. The summed E-state index contributed by atoms with van der Waals surface area (Å²) in [7, 11) is 0. The monoisotopic (exact) mass is 307 g/mol. The van der Waals surface area contributed by atoms with Crippen molar-refractivity contribution in [1.29, 1.82) is 0 Å². The molecule has 1 N–H and O–H groups in total. The summed E-state index contributed by atoms with van der Waals surface area (Å²) in [5, 5.41) is 3.41. The molecule has 0 aliphatic heterocycles. The Bertz CT molecular complexity index is 644. The molecule has 1 aromatic heterocycles. The molecule has 0 aliphatic carbocycles. The number of aromatic nitrogens is 2. The predicted octanol–water partition coefficient (Wildman–Crippen LogP) is 4.63. The van der Waals surface area contributed by atoms with Crippen molar-refractivity contribution in [3.63, 3.8) is 0 Å². The molecule has 0 amide bonds. The van der Waals surface area contributed by atoms with Crippen molar-refractivity contribution in [3.05, 3.63) is 40.3 Å². The van der Waals surface area contributed by atoms with E-state index in [4.69, 9.17) is 11.6 Å². The molecule has 1 heterocycles. The highest BCUT2D eigenvalue weighted by Gasteiger charge is 2.12. The van der Waals surface area contributed by atoms with Crippen LogP contribution in [0, 0.1) is 12.7 Å². The van der Waals surface area contributed by atoms with Gasteiger partial charge in [0.1, 0.15) is 11.6 Å². The zero-order valence-electron chi connectivity index (χ0n) is 12.5. The maximum Gasteiger partial charge on any atom is 0.161 e. The Morgan fingerprint density at radius 2 is 2.00 bits per heavy atom. The number of halogens is 2. The largest absolute Gasteiger partial charge is 0.370 e. The van der Waals surface area contributed by atoms with E-state index in [1.54, 1.807) is 6.07 Å². The van der Waals surface area contributed by atoms with Crippen LogP contribution >= 0.6 is 11.6 Å². The van der Waals surface area contributed by atoms with Crippen LogP contribution in [0.15, 0.2) is 18.2 Å². The molecule has 3 nitrogen and oxygen atoms in total. The van der Waals surface area contributed by atoms with E-state index in [-0.39, 0.29) is 5.02 Å². The third-order valence-electron chi connectivity index (χ3n) is 3.30. The predicted molar refractivity (Wildman–Crippen MR) is 85.3 cm³/mol. The summed E-state index contributed by atoms with van der Waals surface area (Å²) in [6, 6.07) is 4.63. The molecule has 112 valence electrons. The van der Waals surface area contributed by atoms with Crippen LogP contribution in [0.3, 0.4) is 0 Å².